The molecule has 2 rings (SSSR count). The van der Waals surface area contributed by atoms with Crippen molar-refractivity contribution in [3.63, 3.8) is 0 Å². The van der Waals surface area contributed by atoms with Crippen molar-refractivity contribution in [3.05, 3.63) is 35.9 Å². The standard InChI is InChI=1S/C12H16N2O3/c15-12(14-7-6-13-17-9-8-14)16-10-11-4-2-1-3-5-11/h1-5,13H,6-10H2. The highest BCUT2D eigenvalue weighted by Crippen LogP contribution is 2.03. The summed E-state index contributed by atoms with van der Waals surface area (Å²) in [5.41, 5.74) is 3.75. The smallest absolute Gasteiger partial charge is 0.410 e. The van der Waals surface area contributed by atoms with Crippen LogP contribution < -0.4 is 5.48 Å². The largest absolute Gasteiger partial charge is 0.445 e. The molecule has 1 aromatic rings. The third kappa shape index (κ3) is 3.72. The number of ether oxygens (including phenoxy) is 1. The number of rotatable bonds is 2. The molecule has 5 nitrogen and oxygen atoms in total. The lowest BCUT2D eigenvalue weighted by atomic mass is 10.2. The van der Waals surface area contributed by atoms with Gasteiger partial charge >= 0.3 is 6.09 Å². The summed E-state index contributed by atoms with van der Waals surface area (Å²) in [4.78, 5) is 18.4. The Labute approximate surface area is 100 Å². The van der Waals surface area contributed by atoms with E-state index in [1.165, 1.54) is 0 Å². The minimum absolute atomic E-state index is 0.291. The van der Waals surface area contributed by atoms with Gasteiger partial charge in [-0.2, -0.15) is 0 Å². The van der Waals surface area contributed by atoms with Crippen LogP contribution in [-0.4, -0.2) is 37.2 Å². The summed E-state index contributed by atoms with van der Waals surface area (Å²) in [7, 11) is 0. The fourth-order valence-electron chi connectivity index (χ4n) is 1.59. The zero-order chi connectivity index (χ0) is 11.9. The Bertz CT molecular complexity index is 348. The number of carbonyl (C=O) groups is 1. The molecule has 0 bridgehead atoms. The second-order valence-corrected chi connectivity index (χ2v) is 3.77. The third-order valence-corrected chi connectivity index (χ3v) is 2.51. The third-order valence-electron chi connectivity index (χ3n) is 2.51. The van der Waals surface area contributed by atoms with E-state index in [-0.39, 0.29) is 6.09 Å². The Morgan fingerprint density at radius 2 is 2.18 bits per heavy atom. The van der Waals surface area contributed by atoms with Gasteiger partial charge in [-0.1, -0.05) is 30.3 Å². The molecule has 17 heavy (non-hydrogen) atoms. The van der Waals surface area contributed by atoms with E-state index in [2.05, 4.69) is 5.48 Å². The van der Waals surface area contributed by atoms with Gasteiger partial charge in [-0.15, -0.1) is 0 Å². The molecular weight excluding hydrogens is 220 g/mol. The van der Waals surface area contributed by atoms with Crippen molar-refractivity contribution in [2.75, 3.05) is 26.2 Å². The minimum atomic E-state index is -0.291. The molecule has 0 saturated carbocycles. The summed E-state index contributed by atoms with van der Waals surface area (Å²) in [5, 5.41) is 0. The van der Waals surface area contributed by atoms with E-state index in [1.54, 1.807) is 4.90 Å². The highest BCUT2D eigenvalue weighted by molar-refractivity contribution is 5.67. The van der Waals surface area contributed by atoms with E-state index in [1.807, 2.05) is 30.3 Å². The maximum Gasteiger partial charge on any atom is 0.410 e. The lowest BCUT2D eigenvalue weighted by Gasteiger charge is -2.18. The van der Waals surface area contributed by atoms with E-state index in [0.717, 1.165) is 5.56 Å². The number of hydroxylamine groups is 1. The van der Waals surface area contributed by atoms with Crippen LogP contribution in [0, 0.1) is 0 Å². The van der Waals surface area contributed by atoms with Crippen LogP contribution in [0.4, 0.5) is 4.79 Å². The van der Waals surface area contributed by atoms with Crippen LogP contribution in [0.1, 0.15) is 5.56 Å². The molecule has 0 spiro atoms. The predicted molar refractivity (Wildman–Crippen MR) is 62.2 cm³/mol. The van der Waals surface area contributed by atoms with Crippen molar-refractivity contribution in [1.29, 1.82) is 0 Å². The number of nitrogens with zero attached hydrogens (tertiary/aromatic N) is 1. The minimum Gasteiger partial charge on any atom is -0.445 e. The summed E-state index contributed by atoms with van der Waals surface area (Å²) >= 11 is 0. The van der Waals surface area contributed by atoms with Gasteiger partial charge < -0.3 is 9.64 Å². The average Bonchev–Trinajstić information content (AvgIpc) is 2.66. The highest BCUT2D eigenvalue weighted by Gasteiger charge is 2.16. The van der Waals surface area contributed by atoms with Crippen LogP contribution >= 0.6 is 0 Å². The zero-order valence-electron chi connectivity index (χ0n) is 9.59. The molecule has 1 aliphatic rings. The lowest BCUT2D eigenvalue weighted by molar-refractivity contribution is 0.0524. The summed E-state index contributed by atoms with van der Waals surface area (Å²) < 4.78 is 5.23. The molecule has 92 valence electrons. The van der Waals surface area contributed by atoms with E-state index in [9.17, 15) is 4.79 Å². The second-order valence-electron chi connectivity index (χ2n) is 3.77. The summed E-state index contributed by atoms with van der Waals surface area (Å²) in [6.45, 7) is 2.58. The van der Waals surface area contributed by atoms with Crippen molar-refractivity contribution in [2.45, 2.75) is 6.61 Å². The molecule has 1 N–H and O–H groups in total. The van der Waals surface area contributed by atoms with Crippen LogP contribution in [-0.2, 0) is 16.2 Å². The zero-order valence-corrected chi connectivity index (χ0v) is 9.59. The Hall–Kier alpha value is -1.59. The number of nitrogens with one attached hydrogen (secondary N) is 1. The van der Waals surface area contributed by atoms with Crippen molar-refractivity contribution >= 4 is 6.09 Å². The van der Waals surface area contributed by atoms with Crippen molar-refractivity contribution in [1.82, 2.24) is 10.4 Å². The SMILES string of the molecule is O=C(OCc1ccccc1)N1CCNOCC1. The molecule has 1 aromatic carbocycles. The summed E-state index contributed by atoms with van der Waals surface area (Å²) in [6.07, 6.45) is -0.291. The first-order valence-corrected chi connectivity index (χ1v) is 5.66. The van der Waals surface area contributed by atoms with Gasteiger partial charge in [0.15, 0.2) is 0 Å². The molecule has 1 amide bonds. The van der Waals surface area contributed by atoms with E-state index in [0.29, 0.717) is 32.8 Å². The predicted octanol–water partition coefficient (Wildman–Crippen LogP) is 1.16. The Kier molecular flexibility index (Phi) is 4.35. The lowest BCUT2D eigenvalue weighted by Crippen LogP contribution is -2.35. The monoisotopic (exact) mass is 236 g/mol. The first-order chi connectivity index (χ1) is 8.36. The van der Waals surface area contributed by atoms with Crippen molar-refractivity contribution < 1.29 is 14.4 Å². The second kappa shape index (κ2) is 6.22. The van der Waals surface area contributed by atoms with Gasteiger partial charge in [-0.05, 0) is 5.56 Å². The molecule has 1 saturated heterocycles. The molecule has 0 aromatic heterocycles. The number of carbonyl (C=O) groups excluding carboxylic acids is 1. The molecule has 0 aliphatic carbocycles. The molecule has 1 fully saturated rings. The number of hydrogen-bond donors (Lipinski definition) is 1. The topological polar surface area (TPSA) is 50.8 Å². The van der Waals surface area contributed by atoms with Gasteiger partial charge in [0.05, 0.1) is 6.61 Å². The van der Waals surface area contributed by atoms with Gasteiger partial charge in [-0.3, -0.25) is 4.84 Å². The summed E-state index contributed by atoms with van der Waals surface area (Å²) in [6, 6.07) is 9.64. The van der Waals surface area contributed by atoms with Crippen molar-refractivity contribution in [3.8, 4) is 0 Å². The van der Waals surface area contributed by atoms with Gasteiger partial charge in [0.25, 0.3) is 0 Å². The van der Waals surface area contributed by atoms with Gasteiger partial charge in [-0.25, -0.2) is 10.3 Å². The fourth-order valence-corrected chi connectivity index (χ4v) is 1.59. The van der Waals surface area contributed by atoms with Crippen LogP contribution in [0.25, 0.3) is 0 Å². The Balaban J connectivity index is 1.80. The summed E-state index contributed by atoms with van der Waals surface area (Å²) in [5.74, 6) is 0. The molecule has 0 radical (unpaired) electrons. The molecule has 5 heteroatoms. The first kappa shape index (κ1) is 11.9. The normalized spacial score (nSPS) is 16.4. The molecule has 1 aliphatic heterocycles. The van der Waals surface area contributed by atoms with Gasteiger partial charge in [0, 0.05) is 19.6 Å². The Morgan fingerprint density at radius 3 is 3.00 bits per heavy atom. The maximum absolute atomic E-state index is 11.7. The van der Waals surface area contributed by atoms with Crippen LogP contribution in [0.15, 0.2) is 30.3 Å². The van der Waals surface area contributed by atoms with Crippen LogP contribution in [0.2, 0.25) is 0 Å². The Morgan fingerprint density at radius 1 is 1.35 bits per heavy atom. The maximum atomic E-state index is 11.7. The van der Waals surface area contributed by atoms with E-state index >= 15 is 0 Å². The first-order valence-electron chi connectivity index (χ1n) is 5.66. The number of benzene rings is 1. The highest BCUT2D eigenvalue weighted by atomic mass is 16.6. The van der Waals surface area contributed by atoms with Crippen LogP contribution in [0.3, 0.4) is 0 Å². The quantitative estimate of drug-likeness (QED) is 0.837. The molecule has 0 unspecified atom stereocenters. The number of hydrogen-bond acceptors (Lipinski definition) is 4. The van der Waals surface area contributed by atoms with Crippen molar-refractivity contribution in [2.24, 2.45) is 0 Å². The molecule has 1 heterocycles. The fraction of sp³-hybridized carbons (Fsp3) is 0.417. The van der Waals surface area contributed by atoms with E-state index < -0.39 is 0 Å². The average molecular weight is 236 g/mol. The van der Waals surface area contributed by atoms with E-state index in [4.69, 9.17) is 9.57 Å². The van der Waals surface area contributed by atoms with Gasteiger partial charge in [0.2, 0.25) is 0 Å². The molecular formula is C12H16N2O3. The van der Waals surface area contributed by atoms with Crippen LogP contribution in [0.5, 0.6) is 0 Å². The van der Waals surface area contributed by atoms with Gasteiger partial charge in [0.1, 0.15) is 6.61 Å². The number of amides is 1. The molecule has 0 atom stereocenters.